The Morgan fingerprint density at radius 1 is 0.275 bits per heavy atom. The van der Waals surface area contributed by atoms with Gasteiger partial charge in [0.2, 0.25) is 6.36 Å². The summed E-state index contributed by atoms with van der Waals surface area (Å²) in [6.45, 7) is 9.89. The smallest absolute Gasteiger partial charge is 0.257 e. The molecule has 0 spiro atoms. The molecule has 31 heteroatoms. The van der Waals surface area contributed by atoms with Crippen molar-refractivity contribution in [2.45, 2.75) is 47.9 Å². The SMILES string of the molecule is Cc1cc(NC(=O)c2cc(-c3cccn4c(-c5cccc(F)c5F)ncc34)cnc2C)ccc1F.Cc1ncc(-c2cccn3c(-c4cccc(F)c4F)ncc23)cc1C(=O)Nc1ccc(OC(C)F)cc1.Cc1ncc(-c2cccn3c(-c4cccc(F)c4F)ncc23)cc1C(=O)Nc1ccccc1.Cc1ncc(-c2cccn3c(-c4cccc(F)c4F)ncc23)cc1C(=O)Nc1ccccc1. The van der Waals surface area contributed by atoms with Crippen LogP contribution in [0.4, 0.5) is 66.7 Å². The van der Waals surface area contributed by atoms with Gasteiger partial charge in [-0.3, -0.25) is 56.7 Å². The molecule has 20 aromatic rings. The maximum atomic E-state index is 14.5. The van der Waals surface area contributed by atoms with E-state index in [1.54, 1.807) is 205 Å². The Bertz CT molecular complexity index is 7870. The van der Waals surface area contributed by atoms with Gasteiger partial charge in [0, 0.05) is 124 Å². The fraction of sp³-hybridized carbons (Fsp3) is 0.0654. The first kappa shape index (κ1) is 92.0. The molecule has 4 amide bonds. The Morgan fingerprint density at radius 3 is 0.812 bits per heavy atom. The van der Waals surface area contributed by atoms with Gasteiger partial charge < -0.3 is 26.0 Å². The minimum atomic E-state index is -1.44. The Labute approximate surface area is 780 Å². The van der Waals surface area contributed by atoms with E-state index in [0.717, 1.165) is 35.4 Å². The van der Waals surface area contributed by atoms with Crippen molar-refractivity contribution >= 4 is 68.4 Å². The molecular weight excluding hydrogens is 1780 g/mol. The van der Waals surface area contributed by atoms with Crippen LogP contribution in [0.25, 0.3) is 112 Å². The number of pyridine rings is 8. The number of nitrogens with zero attached hydrogens (tertiary/aromatic N) is 12. The number of alkyl halides is 1. The number of benzene rings is 8. The fourth-order valence-electron chi connectivity index (χ4n) is 15.6. The number of para-hydroxylation sites is 2. The second-order valence-corrected chi connectivity index (χ2v) is 31.6. The molecule has 1 unspecified atom stereocenters. The van der Waals surface area contributed by atoms with Crippen molar-refractivity contribution in [3.05, 3.63) is 426 Å². The molecule has 0 aliphatic carbocycles. The van der Waals surface area contributed by atoms with E-state index < -0.39 is 52.9 Å². The maximum Gasteiger partial charge on any atom is 0.257 e. The summed E-state index contributed by atoms with van der Waals surface area (Å²) in [7, 11) is 0. The highest BCUT2D eigenvalue weighted by Crippen LogP contribution is 2.38. The zero-order valence-corrected chi connectivity index (χ0v) is 73.9. The van der Waals surface area contributed by atoms with E-state index in [0.29, 0.717) is 135 Å². The van der Waals surface area contributed by atoms with Crippen molar-refractivity contribution in [3.8, 4) is 95.8 Å². The average molecular weight is 1860 g/mol. The Kier molecular flexibility index (Phi) is 26.6. The predicted molar refractivity (Wildman–Crippen MR) is 508 cm³/mol. The van der Waals surface area contributed by atoms with E-state index in [1.165, 1.54) is 67.6 Å². The Hall–Kier alpha value is -17.9. The molecule has 0 radical (unpaired) electrons. The third-order valence-corrected chi connectivity index (χ3v) is 22.5. The summed E-state index contributed by atoms with van der Waals surface area (Å²) in [6, 6.07) is 66.4. The molecule has 1 atom stereocenters. The summed E-state index contributed by atoms with van der Waals surface area (Å²) in [6.07, 6.45) is 18.4. The lowest BCUT2D eigenvalue weighted by Gasteiger charge is -2.12. The molecule has 12 aromatic heterocycles. The minimum Gasteiger partial charge on any atom is -0.461 e. The van der Waals surface area contributed by atoms with Crippen LogP contribution in [0.15, 0.2) is 323 Å². The van der Waals surface area contributed by atoms with Crippen molar-refractivity contribution < 1.29 is 67.8 Å². The van der Waals surface area contributed by atoms with Gasteiger partial charge in [0.1, 0.15) is 34.9 Å². The third kappa shape index (κ3) is 19.4. The summed E-state index contributed by atoms with van der Waals surface area (Å²) in [5.41, 5.74) is 15.1. The van der Waals surface area contributed by atoms with Gasteiger partial charge in [-0.2, -0.15) is 0 Å². The number of nitrogens with one attached hydrogen (secondary N) is 4. The number of anilines is 4. The molecule has 0 saturated carbocycles. The number of aromatic nitrogens is 12. The molecule has 20 rings (SSSR count). The van der Waals surface area contributed by atoms with Crippen molar-refractivity contribution in [3.63, 3.8) is 0 Å². The van der Waals surface area contributed by atoms with Gasteiger partial charge in [-0.05, 0) is 204 Å². The zero-order valence-electron chi connectivity index (χ0n) is 73.9. The molecular formula is C107H76F10N16O5. The molecule has 4 N–H and O–H groups in total. The van der Waals surface area contributed by atoms with Gasteiger partial charge in [0.25, 0.3) is 23.6 Å². The lowest BCUT2D eigenvalue weighted by atomic mass is 10.0. The van der Waals surface area contributed by atoms with Crippen LogP contribution >= 0.6 is 0 Å². The molecule has 138 heavy (non-hydrogen) atoms. The number of hydrogen-bond donors (Lipinski definition) is 4. The topological polar surface area (TPSA) is 246 Å². The molecule has 12 heterocycles. The summed E-state index contributed by atoms with van der Waals surface area (Å²) in [5.74, 6) is -7.86. The summed E-state index contributed by atoms with van der Waals surface area (Å²) in [5, 5.41) is 11.3. The van der Waals surface area contributed by atoms with Crippen LogP contribution in [0.5, 0.6) is 5.75 Å². The number of fused-ring (bicyclic) bond motifs is 4. The Balaban J connectivity index is 0.000000127. The van der Waals surface area contributed by atoms with Crippen molar-refractivity contribution in [2.75, 3.05) is 21.3 Å². The van der Waals surface area contributed by atoms with Crippen molar-refractivity contribution in [1.82, 2.24) is 57.5 Å². The number of carbonyl (C=O) groups is 4. The average Bonchev–Trinajstić information content (AvgIpc) is 1.62. The molecule has 0 bridgehead atoms. The lowest BCUT2D eigenvalue weighted by molar-refractivity contribution is 0.0859. The number of ether oxygens (including phenoxy) is 1. The van der Waals surface area contributed by atoms with Gasteiger partial charge in [-0.15, -0.1) is 0 Å². The van der Waals surface area contributed by atoms with Crippen LogP contribution in [0.1, 0.15) is 76.7 Å². The van der Waals surface area contributed by atoms with Gasteiger partial charge >= 0.3 is 0 Å². The molecule has 0 fully saturated rings. The fourth-order valence-corrected chi connectivity index (χ4v) is 15.6. The van der Waals surface area contributed by atoms with Gasteiger partial charge in [0.05, 0.1) is 114 Å². The first-order valence-electron chi connectivity index (χ1n) is 42.7. The zero-order chi connectivity index (χ0) is 96.7. The summed E-state index contributed by atoms with van der Waals surface area (Å²) in [4.78, 5) is 86.8. The van der Waals surface area contributed by atoms with Crippen LogP contribution in [0, 0.1) is 87.0 Å². The van der Waals surface area contributed by atoms with E-state index in [-0.39, 0.29) is 75.0 Å². The predicted octanol–water partition coefficient (Wildman–Crippen LogP) is 24.8. The van der Waals surface area contributed by atoms with E-state index in [2.05, 4.69) is 61.1 Å². The molecule has 0 aliphatic heterocycles. The van der Waals surface area contributed by atoms with Gasteiger partial charge in [-0.1, -0.05) is 84.9 Å². The minimum absolute atomic E-state index is 0.0386. The second-order valence-electron chi connectivity index (χ2n) is 31.6. The van der Waals surface area contributed by atoms with Crippen LogP contribution in [-0.4, -0.2) is 87.5 Å². The number of amides is 4. The lowest BCUT2D eigenvalue weighted by Crippen LogP contribution is -2.14. The van der Waals surface area contributed by atoms with Crippen LogP contribution in [-0.2, 0) is 0 Å². The highest BCUT2D eigenvalue weighted by Gasteiger charge is 2.26. The number of aryl methyl sites for hydroxylation is 5. The first-order chi connectivity index (χ1) is 66.7. The molecule has 684 valence electrons. The number of halogens is 10. The van der Waals surface area contributed by atoms with Crippen molar-refractivity contribution in [2.24, 2.45) is 0 Å². The highest BCUT2D eigenvalue weighted by atomic mass is 19.2. The molecule has 0 saturated heterocycles. The monoisotopic (exact) mass is 1850 g/mol. The van der Waals surface area contributed by atoms with Crippen LogP contribution < -0.4 is 26.0 Å². The molecule has 0 aliphatic rings. The van der Waals surface area contributed by atoms with E-state index in [1.807, 2.05) is 84.9 Å². The molecule has 8 aromatic carbocycles. The van der Waals surface area contributed by atoms with E-state index >= 15 is 0 Å². The van der Waals surface area contributed by atoms with E-state index in [4.69, 9.17) is 4.74 Å². The first-order valence-corrected chi connectivity index (χ1v) is 42.7. The Morgan fingerprint density at radius 2 is 0.536 bits per heavy atom. The quantitative estimate of drug-likeness (QED) is 0.0585. The normalized spacial score (nSPS) is 11.3. The number of hydrogen-bond acceptors (Lipinski definition) is 13. The summed E-state index contributed by atoms with van der Waals surface area (Å²) < 4.78 is 151. The third-order valence-electron chi connectivity index (χ3n) is 22.5. The van der Waals surface area contributed by atoms with Gasteiger partial charge in [0.15, 0.2) is 46.5 Å². The number of carbonyl (C=O) groups excluding carboxylic acids is 4. The van der Waals surface area contributed by atoms with E-state index in [9.17, 15) is 63.1 Å². The van der Waals surface area contributed by atoms with Crippen LogP contribution in [0.3, 0.4) is 0 Å². The standard InChI is InChI=1S/C28H21F3N4O2.C27H19F3N4O.2C26H18F2N4O/c1-16-23(28(36)34-19-8-10-20(11-9-19)37-17(2)29)13-18(14-32-16)21-6-4-12-35-25(21)15-33-27(35)22-5-3-7-24(30)26(22)31;1-15-11-18(8-9-22(15)28)33-27(35)21-12-17(13-31-16(21)2)19-6-4-10-34-24(19)14-32-26(34)20-5-3-7-23(29)25(20)30;2*1-16-21(26(33)31-18-7-3-2-4-8-18)13-17(14-29-16)19-10-6-12-32-23(19)15-30-25(32)20-9-5-11-22(27)24(20)28/h3-15,17H,1-2H3,(H,34,36);3-14H,1-2H3,(H,33,35);2*2-15H,1H3,(H,31,33). The maximum absolute atomic E-state index is 14.5. The van der Waals surface area contributed by atoms with Gasteiger partial charge in [-0.25, -0.2) is 63.8 Å². The number of rotatable bonds is 18. The number of imidazole rings is 4. The molecule has 21 nitrogen and oxygen atoms in total. The largest absolute Gasteiger partial charge is 0.461 e. The van der Waals surface area contributed by atoms with Crippen molar-refractivity contribution in [1.29, 1.82) is 0 Å². The highest BCUT2D eigenvalue weighted by molar-refractivity contribution is 6.09. The van der Waals surface area contributed by atoms with Crippen LogP contribution in [0.2, 0.25) is 0 Å². The summed E-state index contributed by atoms with van der Waals surface area (Å²) >= 11 is 0. The second kappa shape index (κ2) is 39.9.